The Morgan fingerprint density at radius 2 is 1.97 bits per heavy atom. The fourth-order valence-electron chi connectivity index (χ4n) is 5.30. The predicted molar refractivity (Wildman–Crippen MR) is 134 cm³/mol. The van der Waals surface area contributed by atoms with E-state index in [2.05, 4.69) is 36.8 Å². The van der Waals surface area contributed by atoms with Gasteiger partial charge in [0.25, 0.3) is 0 Å². The van der Waals surface area contributed by atoms with Gasteiger partial charge >= 0.3 is 0 Å². The lowest BCUT2D eigenvalue weighted by molar-refractivity contribution is -0.137. The first kappa shape index (κ1) is 24.1. The molecule has 0 aromatic carbocycles. The van der Waals surface area contributed by atoms with Gasteiger partial charge in [-0.15, -0.1) is 0 Å². The first-order valence-electron chi connectivity index (χ1n) is 12.6. The van der Waals surface area contributed by atoms with Crippen LogP contribution in [-0.2, 0) is 11.8 Å². The number of imidazole rings is 1. The van der Waals surface area contributed by atoms with Crippen molar-refractivity contribution >= 4 is 17.1 Å². The zero-order chi connectivity index (χ0) is 25.2. The molecule has 3 aromatic rings. The van der Waals surface area contributed by atoms with Crippen molar-refractivity contribution in [3.8, 4) is 23.2 Å². The summed E-state index contributed by atoms with van der Waals surface area (Å²) in [5.41, 5.74) is 3.50. The number of likely N-dealkylation sites (N-methyl/N-ethyl adjacent to an activating group) is 1. The first-order chi connectivity index (χ1) is 17.4. The number of pyridine rings is 1. The number of carbonyl (C=O) groups excluding carboxylic acids is 1. The highest BCUT2D eigenvalue weighted by Crippen LogP contribution is 2.28. The van der Waals surface area contributed by atoms with E-state index in [1.165, 1.54) is 0 Å². The van der Waals surface area contributed by atoms with Crippen LogP contribution in [0.1, 0.15) is 43.5 Å². The Kier molecular flexibility index (Phi) is 6.83. The topological polar surface area (TPSA) is 113 Å². The standard InChI is InChI=1S/C26H32N8O2/c1-17-13-19(22-23-24(33(3)16-29-23)31-21(14-27)30-22)15-28-25(17)36-12-8-18-6-10-34(11-7-18)26(35)20-5-4-9-32(20)2/h13,15-16,18,20H,4-12H2,1-3H3/t20-/m1/s1. The number of hydrogen-bond acceptors (Lipinski definition) is 8. The third-order valence-corrected chi connectivity index (χ3v) is 7.46. The van der Waals surface area contributed by atoms with Crippen LogP contribution in [0.5, 0.6) is 5.88 Å². The average Bonchev–Trinajstić information content (AvgIpc) is 3.49. The number of amides is 1. The molecule has 0 bridgehead atoms. The monoisotopic (exact) mass is 488 g/mol. The number of aromatic nitrogens is 5. The van der Waals surface area contributed by atoms with Crippen molar-refractivity contribution in [1.29, 1.82) is 5.26 Å². The summed E-state index contributed by atoms with van der Waals surface area (Å²) in [4.78, 5) is 34.6. The summed E-state index contributed by atoms with van der Waals surface area (Å²) >= 11 is 0. The second kappa shape index (κ2) is 10.2. The molecule has 5 rings (SSSR count). The van der Waals surface area contributed by atoms with E-state index in [1.54, 1.807) is 17.1 Å². The van der Waals surface area contributed by atoms with E-state index in [0.717, 1.165) is 62.9 Å². The number of carbonyl (C=O) groups is 1. The maximum absolute atomic E-state index is 12.8. The minimum absolute atomic E-state index is 0.0736. The largest absolute Gasteiger partial charge is 0.477 e. The number of aryl methyl sites for hydroxylation is 2. The lowest BCUT2D eigenvalue weighted by Gasteiger charge is -2.34. The van der Waals surface area contributed by atoms with Crippen molar-refractivity contribution in [2.45, 2.75) is 45.1 Å². The molecule has 36 heavy (non-hydrogen) atoms. The Bertz CT molecular complexity index is 1310. The maximum Gasteiger partial charge on any atom is 0.239 e. The molecular formula is C26H32N8O2. The highest BCUT2D eigenvalue weighted by atomic mass is 16.5. The second-order valence-electron chi connectivity index (χ2n) is 9.93. The number of nitrogens with zero attached hydrogens (tertiary/aromatic N) is 8. The average molecular weight is 489 g/mol. The summed E-state index contributed by atoms with van der Waals surface area (Å²) in [6.07, 6.45) is 8.46. The fraction of sp³-hybridized carbons (Fsp3) is 0.538. The van der Waals surface area contributed by atoms with Crippen LogP contribution in [0.3, 0.4) is 0 Å². The quantitative estimate of drug-likeness (QED) is 0.520. The lowest BCUT2D eigenvalue weighted by atomic mass is 9.93. The van der Waals surface area contributed by atoms with Crippen molar-refractivity contribution < 1.29 is 9.53 Å². The molecule has 5 heterocycles. The van der Waals surface area contributed by atoms with Crippen LogP contribution < -0.4 is 4.74 Å². The molecule has 0 spiro atoms. The van der Waals surface area contributed by atoms with E-state index in [9.17, 15) is 10.1 Å². The number of hydrogen-bond donors (Lipinski definition) is 0. The van der Waals surface area contributed by atoms with Crippen LogP contribution in [0.4, 0.5) is 0 Å². The summed E-state index contributed by atoms with van der Waals surface area (Å²) in [5, 5.41) is 9.34. The normalized spacial score (nSPS) is 19.1. The van der Waals surface area contributed by atoms with E-state index in [4.69, 9.17) is 4.74 Å². The molecule has 1 amide bonds. The minimum atomic E-state index is 0.0736. The number of ether oxygens (including phenoxy) is 1. The number of piperidine rings is 1. The molecule has 1 atom stereocenters. The van der Waals surface area contributed by atoms with Crippen molar-refractivity contribution in [3.05, 3.63) is 30.0 Å². The van der Waals surface area contributed by atoms with Crippen molar-refractivity contribution in [1.82, 2.24) is 34.3 Å². The van der Waals surface area contributed by atoms with Crippen molar-refractivity contribution in [2.24, 2.45) is 13.0 Å². The molecule has 2 aliphatic rings. The van der Waals surface area contributed by atoms with Crippen LogP contribution in [0, 0.1) is 24.2 Å². The van der Waals surface area contributed by atoms with Gasteiger partial charge in [-0.25, -0.2) is 15.0 Å². The number of nitriles is 1. The van der Waals surface area contributed by atoms with Gasteiger partial charge in [0.1, 0.15) is 17.3 Å². The Balaban J connectivity index is 1.17. The first-order valence-corrected chi connectivity index (χ1v) is 12.6. The molecule has 0 aliphatic carbocycles. The molecule has 0 N–H and O–H groups in total. The van der Waals surface area contributed by atoms with Crippen molar-refractivity contribution in [3.63, 3.8) is 0 Å². The lowest BCUT2D eigenvalue weighted by Crippen LogP contribution is -2.47. The van der Waals surface area contributed by atoms with Gasteiger partial charge in [0.2, 0.25) is 17.6 Å². The zero-order valence-corrected chi connectivity index (χ0v) is 21.1. The van der Waals surface area contributed by atoms with Gasteiger partial charge in [-0.05, 0) is 64.6 Å². The van der Waals surface area contributed by atoms with Gasteiger partial charge in [0.05, 0.1) is 19.0 Å². The highest BCUT2D eigenvalue weighted by Gasteiger charge is 2.33. The molecule has 0 radical (unpaired) electrons. The molecular weight excluding hydrogens is 456 g/mol. The summed E-state index contributed by atoms with van der Waals surface area (Å²) in [6, 6.07) is 4.06. The second-order valence-corrected chi connectivity index (χ2v) is 9.93. The third-order valence-electron chi connectivity index (χ3n) is 7.46. The Hall–Kier alpha value is -3.58. The van der Waals surface area contributed by atoms with Crippen LogP contribution in [0.15, 0.2) is 18.6 Å². The smallest absolute Gasteiger partial charge is 0.239 e. The molecule has 10 nitrogen and oxygen atoms in total. The molecule has 10 heteroatoms. The van der Waals surface area contributed by atoms with E-state index >= 15 is 0 Å². The highest BCUT2D eigenvalue weighted by molar-refractivity contribution is 5.87. The van der Waals surface area contributed by atoms with E-state index in [0.29, 0.717) is 41.2 Å². The van der Waals surface area contributed by atoms with Gasteiger partial charge in [-0.1, -0.05) is 0 Å². The Morgan fingerprint density at radius 1 is 1.17 bits per heavy atom. The van der Waals surface area contributed by atoms with E-state index in [-0.39, 0.29) is 11.9 Å². The number of rotatable bonds is 6. The predicted octanol–water partition coefficient (Wildman–Crippen LogP) is 2.71. The molecule has 3 aromatic heterocycles. The van der Waals surface area contributed by atoms with Gasteiger partial charge in [0.15, 0.2) is 5.65 Å². The van der Waals surface area contributed by atoms with Gasteiger partial charge in [0, 0.05) is 37.5 Å². The van der Waals surface area contributed by atoms with Gasteiger partial charge < -0.3 is 14.2 Å². The molecule has 2 aliphatic heterocycles. The molecule has 188 valence electrons. The maximum atomic E-state index is 12.8. The SMILES string of the molecule is Cc1cc(-c2nc(C#N)nc3c2ncn3C)cnc1OCCC1CCN(C(=O)[C@H]2CCCN2C)CC1. The van der Waals surface area contributed by atoms with Crippen LogP contribution >= 0.6 is 0 Å². The van der Waals surface area contributed by atoms with E-state index in [1.807, 2.05) is 26.1 Å². The summed E-state index contributed by atoms with van der Waals surface area (Å²) in [5.74, 6) is 1.56. The fourth-order valence-corrected chi connectivity index (χ4v) is 5.30. The molecule has 0 saturated carbocycles. The summed E-state index contributed by atoms with van der Waals surface area (Å²) in [7, 11) is 3.89. The summed E-state index contributed by atoms with van der Waals surface area (Å²) < 4.78 is 7.80. The van der Waals surface area contributed by atoms with Crippen LogP contribution in [-0.4, -0.2) is 79.5 Å². The summed E-state index contributed by atoms with van der Waals surface area (Å²) in [6.45, 7) is 5.24. The number of fused-ring (bicyclic) bond motifs is 1. The molecule has 0 unspecified atom stereocenters. The third kappa shape index (κ3) is 4.75. The Labute approximate surface area is 210 Å². The zero-order valence-electron chi connectivity index (χ0n) is 21.1. The molecule has 2 saturated heterocycles. The van der Waals surface area contributed by atoms with Crippen LogP contribution in [0.2, 0.25) is 0 Å². The van der Waals surface area contributed by atoms with E-state index < -0.39 is 0 Å². The van der Waals surface area contributed by atoms with Gasteiger partial charge in [-0.2, -0.15) is 10.2 Å². The van der Waals surface area contributed by atoms with Crippen molar-refractivity contribution in [2.75, 3.05) is 33.3 Å². The molecule has 2 fully saturated rings. The number of likely N-dealkylation sites (tertiary alicyclic amines) is 2. The Morgan fingerprint density at radius 3 is 2.67 bits per heavy atom. The van der Waals surface area contributed by atoms with Gasteiger partial charge in [-0.3, -0.25) is 9.69 Å². The minimum Gasteiger partial charge on any atom is -0.477 e. The van der Waals surface area contributed by atoms with Crippen LogP contribution in [0.25, 0.3) is 22.4 Å².